The smallest absolute Gasteiger partial charge is 0.280 e. The Morgan fingerprint density at radius 1 is 1.14 bits per heavy atom. The maximum absolute atomic E-state index is 10.4. The van der Waals surface area contributed by atoms with Crippen LogP contribution in [0, 0.1) is 20.2 Å². The second kappa shape index (κ2) is 3.60. The van der Waals surface area contributed by atoms with Gasteiger partial charge in [0.05, 0.1) is 15.4 Å². The van der Waals surface area contributed by atoms with E-state index in [2.05, 4.69) is 0 Å². The molecule has 0 atom stereocenters. The Morgan fingerprint density at radius 3 is 2.21 bits per heavy atom. The molecule has 0 bridgehead atoms. The molecule has 0 unspecified atom stereocenters. The number of carbonyl (C=O) groups excluding carboxylic acids is 1. The summed E-state index contributed by atoms with van der Waals surface area (Å²) >= 11 is 0. The minimum Gasteiger partial charge on any atom is -0.298 e. The van der Waals surface area contributed by atoms with Gasteiger partial charge >= 0.3 is 0 Å². The highest BCUT2D eigenvalue weighted by Gasteiger charge is 2.17. The Kier molecular flexibility index (Phi) is 2.52. The molecule has 0 spiro atoms. The molecule has 0 aromatic heterocycles. The van der Waals surface area contributed by atoms with Gasteiger partial charge in [-0.15, -0.1) is 0 Å². The molecule has 7 heteroatoms. The summed E-state index contributed by atoms with van der Waals surface area (Å²) in [6.45, 7) is 0. The molecule has 0 saturated carbocycles. The molecule has 0 N–H and O–H groups in total. The summed E-state index contributed by atoms with van der Waals surface area (Å²) in [7, 11) is 0. The highest BCUT2D eigenvalue weighted by atomic mass is 16.6. The lowest BCUT2D eigenvalue weighted by atomic mass is 10.2. The first kappa shape index (κ1) is 9.78. The van der Waals surface area contributed by atoms with E-state index in [1.807, 2.05) is 0 Å². The molecule has 1 aromatic rings. The van der Waals surface area contributed by atoms with E-state index in [0.29, 0.717) is 0 Å². The SMILES string of the molecule is O=Cc1cc([N+](=O)[O-])ccc1[N+](=O)[O-]. The molecule has 0 heterocycles. The number of nitro groups is 2. The van der Waals surface area contributed by atoms with Crippen molar-refractivity contribution < 1.29 is 14.6 Å². The van der Waals surface area contributed by atoms with E-state index in [0.717, 1.165) is 18.2 Å². The predicted molar refractivity (Wildman–Crippen MR) is 45.1 cm³/mol. The summed E-state index contributed by atoms with van der Waals surface area (Å²) in [5, 5.41) is 20.6. The monoisotopic (exact) mass is 196 g/mol. The third kappa shape index (κ3) is 1.71. The van der Waals surface area contributed by atoms with E-state index < -0.39 is 15.5 Å². The van der Waals surface area contributed by atoms with E-state index >= 15 is 0 Å². The fourth-order valence-corrected chi connectivity index (χ4v) is 0.916. The van der Waals surface area contributed by atoms with Crippen LogP contribution >= 0.6 is 0 Å². The molecule has 1 aromatic carbocycles. The van der Waals surface area contributed by atoms with Crippen molar-refractivity contribution in [3.8, 4) is 0 Å². The molecule has 0 radical (unpaired) electrons. The number of aldehydes is 1. The quantitative estimate of drug-likeness (QED) is 0.411. The minimum absolute atomic E-state index is 0.213. The van der Waals surface area contributed by atoms with Crippen molar-refractivity contribution >= 4 is 17.7 Å². The topological polar surface area (TPSA) is 103 Å². The van der Waals surface area contributed by atoms with Crippen molar-refractivity contribution in [3.63, 3.8) is 0 Å². The highest BCUT2D eigenvalue weighted by Crippen LogP contribution is 2.22. The third-order valence-corrected chi connectivity index (χ3v) is 1.55. The zero-order valence-corrected chi connectivity index (χ0v) is 6.75. The first-order valence-corrected chi connectivity index (χ1v) is 3.44. The lowest BCUT2D eigenvalue weighted by Crippen LogP contribution is -1.96. The van der Waals surface area contributed by atoms with Gasteiger partial charge in [-0.3, -0.25) is 25.0 Å². The van der Waals surface area contributed by atoms with E-state index in [1.54, 1.807) is 0 Å². The summed E-state index contributed by atoms with van der Waals surface area (Å²) in [6, 6.07) is 2.78. The Balaban J connectivity index is 3.32. The van der Waals surface area contributed by atoms with Crippen LogP contribution < -0.4 is 0 Å². The third-order valence-electron chi connectivity index (χ3n) is 1.55. The molecule has 0 fully saturated rings. The van der Waals surface area contributed by atoms with Crippen LogP contribution in [-0.4, -0.2) is 16.1 Å². The molecule has 0 aliphatic carbocycles. The Bertz CT molecular complexity index is 415. The van der Waals surface area contributed by atoms with Crippen LogP contribution in [0.1, 0.15) is 10.4 Å². The molecule has 0 saturated heterocycles. The van der Waals surface area contributed by atoms with Crippen molar-refractivity contribution in [2.45, 2.75) is 0 Å². The number of benzene rings is 1. The number of non-ortho nitro benzene ring substituents is 1. The summed E-state index contributed by atoms with van der Waals surface area (Å²) in [5.41, 5.74) is -1.09. The van der Waals surface area contributed by atoms with Gasteiger partial charge in [-0.25, -0.2) is 0 Å². The Labute approximate surface area is 77.3 Å². The fraction of sp³-hybridized carbons (Fsp3) is 0. The lowest BCUT2D eigenvalue weighted by molar-refractivity contribution is -0.389. The average molecular weight is 196 g/mol. The number of rotatable bonds is 3. The van der Waals surface area contributed by atoms with Gasteiger partial charge in [-0.1, -0.05) is 0 Å². The van der Waals surface area contributed by atoms with Gasteiger partial charge in [-0.2, -0.15) is 0 Å². The molecule has 7 nitrogen and oxygen atoms in total. The first-order chi connectivity index (χ1) is 6.56. The highest BCUT2D eigenvalue weighted by molar-refractivity contribution is 5.82. The molecule has 72 valence electrons. The van der Waals surface area contributed by atoms with Crippen LogP contribution in [0.25, 0.3) is 0 Å². The maximum atomic E-state index is 10.4. The summed E-state index contributed by atoms with van der Waals surface area (Å²) in [4.78, 5) is 29.5. The van der Waals surface area contributed by atoms with Crippen molar-refractivity contribution in [2.24, 2.45) is 0 Å². The summed E-state index contributed by atoms with van der Waals surface area (Å²) in [6.07, 6.45) is 0.213. The van der Waals surface area contributed by atoms with Gasteiger partial charge in [0, 0.05) is 18.2 Å². The lowest BCUT2D eigenvalue weighted by Gasteiger charge is -1.95. The van der Waals surface area contributed by atoms with Gasteiger partial charge in [0.15, 0.2) is 6.29 Å². The van der Waals surface area contributed by atoms with Crippen molar-refractivity contribution in [3.05, 3.63) is 44.0 Å². The number of hydrogen-bond donors (Lipinski definition) is 0. The molecule has 14 heavy (non-hydrogen) atoms. The summed E-state index contributed by atoms with van der Waals surface area (Å²) < 4.78 is 0. The van der Waals surface area contributed by atoms with E-state index in [9.17, 15) is 25.0 Å². The summed E-state index contributed by atoms with van der Waals surface area (Å²) in [5.74, 6) is 0. The van der Waals surface area contributed by atoms with Gasteiger partial charge in [-0.05, 0) is 0 Å². The molecular formula is C7H4N2O5. The first-order valence-electron chi connectivity index (χ1n) is 3.44. The van der Waals surface area contributed by atoms with Crippen molar-refractivity contribution in [1.29, 1.82) is 0 Å². The van der Waals surface area contributed by atoms with Crippen LogP contribution in [0.5, 0.6) is 0 Å². The van der Waals surface area contributed by atoms with Crippen molar-refractivity contribution in [1.82, 2.24) is 0 Å². The molecule has 0 aliphatic heterocycles. The van der Waals surface area contributed by atoms with E-state index in [4.69, 9.17) is 0 Å². The Morgan fingerprint density at radius 2 is 1.79 bits per heavy atom. The minimum atomic E-state index is -0.770. The van der Waals surface area contributed by atoms with Crippen LogP contribution in [-0.2, 0) is 0 Å². The van der Waals surface area contributed by atoms with Gasteiger partial charge in [0.1, 0.15) is 0 Å². The second-order valence-electron chi connectivity index (χ2n) is 2.38. The largest absolute Gasteiger partial charge is 0.298 e. The second-order valence-corrected chi connectivity index (χ2v) is 2.38. The number of carbonyl (C=O) groups is 1. The molecule has 1 rings (SSSR count). The van der Waals surface area contributed by atoms with Crippen LogP contribution in [0.2, 0.25) is 0 Å². The zero-order valence-electron chi connectivity index (χ0n) is 6.75. The molecule has 0 amide bonds. The number of nitrogens with zero attached hydrogens (tertiary/aromatic N) is 2. The van der Waals surface area contributed by atoms with Gasteiger partial charge in [0.2, 0.25) is 0 Å². The Hall–Kier alpha value is -2.31. The zero-order chi connectivity index (χ0) is 10.7. The van der Waals surface area contributed by atoms with E-state index in [1.165, 1.54) is 0 Å². The number of nitro benzene ring substituents is 2. The van der Waals surface area contributed by atoms with Crippen LogP contribution in [0.3, 0.4) is 0 Å². The van der Waals surface area contributed by atoms with Gasteiger partial charge in [0.25, 0.3) is 11.4 Å². The van der Waals surface area contributed by atoms with Gasteiger partial charge < -0.3 is 0 Å². The predicted octanol–water partition coefficient (Wildman–Crippen LogP) is 1.32. The average Bonchev–Trinajstić information content (AvgIpc) is 2.16. The van der Waals surface area contributed by atoms with E-state index in [-0.39, 0.29) is 17.5 Å². The van der Waals surface area contributed by atoms with Crippen LogP contribution in [0.15, 0.2) is 18.2 Å². The number of hydrogen-bond acceptors (Lipinski definition) is 5. The fourth-order valence-electron chi connectivity index (χ4n) is 0.916. The molecule has 0 aliphatic rings. The maximum Gasteiger partial charge on any atom is 0.280 e. The molecular weight excluding hydrogens is 192 g/mol. The van der Waals surface area contributed by atoms with Crippen molar-refractivity contribution in [2.75, 3.05) is 0 Å². The standard InChI is InChI=1S/C7H4N2O5/c10-4-5-3-6(8(11)12)1-2-7(5)9(13)14/h1-4H. The van der Waals surface area contributed by atoms with Crippen LogP contribution in [0.4, 0.5) is 11.4 Å². The normalized spacial score (nSPS) is 9.43.